The molecule has 0 aliphatic carbocycles. The van der Waals surface area contributed by atoms with E-state index < -0.39 is 0 Å². The molecule has 5 aromatic carbocycles. The van der Waals surface area contributed by atoms with Gasteiger partial charge >= 0.3 is 0 Å². The first-order chi connectivity index (χ1) is 18.7. The summed E-state index contributed by atoms with van der Waals surface area (Å²) in [7, 11) is 2.20. The van der Waals surface area contributed by atoms with Crippen molar-refractivity contribution in [1.82, 2.24) is 9.36 Å². The summed E-state index contributed by atoms with van der Waals surface area (Å²) in [4.78, 5) is 0. The summed E-state index contributed by atoms with van der Waals surface area (Å²) in [6, 6.07) is 44.1. The maximum absolute atomic E-state index is 2.49. The molecular formula is C35H26N3+. The molecule has 0 spiro atoms. The molecule has 0 saturated heterocycles. The second-order valence-corrected chi connectivity index (χ2v) is 10.1. The monoisotopic (exact) mass is 488 g/mol. The second-order valence-electron chi connectivity index (χ2n) is 10.1. The summed E-state index contributed by atoms with van der Waals surface area (Å²) >= 11 is 0. The minimum atomic E-state index is 1.19. The van der Waals surface area contributed by atoms with Crippen LogP contribution in [0, 0.1) is 6.92 Å². The topological polar surface area (TPSA) is 14.0 Å². The Balaban J connectivity index is 1.87. The van der Waals surface area contributed by atoms with Crippen LogP contribution in [-0.4, -0.2) is 9.36 Å². The maximum Gasteiger partial charge on any atom is 0.264 e. The van der Waals surface area contributed by atoms with Gasteiger partial charge in [-0.2, -0.15) is 0 Å². The molecule has 0 bridgehead atoms. The van der Waals surface area contributed by atoms with Crippen LogP contribution in [0.5, 0.6) is 0 Å². The van der Waals surface area contributed by atoms with Crippen LogP contribution in [0.1, 0.15) is 5.56 Å². The van der Waals surface area contributed by atoms with Crippen molar-refractivity contribution in [3.63, 3.8) is 0 Å². The van der Waals surface area contributed by atoms with Crippen molar-refractivity contribution >= 4 is 59.9 Å². The summed E-state index contributed by atoms with van der Waals surface area (Å²) in [5.74, 6) is 0. The van der Waals surface area contributed by atoms with Crippen LogP contribution in [0.15, 0.2) is 121 Å². The molecule has 8 rings (SSSR count). The predicted octanol–water partition coefficient (Wildman–Crippen LogP) is 8.19. The number of nitrogens with zero attached hydrogens (tertiary/aromatic N) is 3. The molecule has 0 aliphatic rings. The van der Waals surface area contributed by atoms with Gasteiger partial charge in [-0.15, -0.1) is 4.40 Å². The molecule has 3 aromatic heterocycles. The summed E-state index contributed by atoms with van der Waals surface area (Å²) in [5.41, 5.74) is 8.51. The van der Waals surface area contributed by atoms with E-state index in [0.717, 1.165) is 0 Å². The molecule has 180 valence electrons. The molecule has 8 aromatic rings. The molecular weight excluding hydrogens is 462 g/mol. The van der Waals surface area contributed by atoms with Gasteiger partial charge in [-0.05, 0) is 46.8 Å². The van der Waals surface area contributed by atoms with Crippen molar-refractivity contribution in [3.8, 4) is 5.69 Å². The Morgan fingerprint density at radius 3 is 1.63 bits per heavy atom. The van der Waals surface area contributed by atoms with Gasteiger partial charge in [0, 0.05) is 24.6 Å². The lowest BCUT2D eigenvalue weighted by Crippen LogP contribution is -2.20. The highest BCUT2D eigenvalue weighted by Gasteiger charge is 2.29. The third-order valence-electron chi connectivity index (χ3n) is 8.09. The van der Waals surface area contributed by atoms with Gasteiger partial charge in [0.25, 0.3) is 5.52 Å². The van der Waals surface area contributed by atoms with Gasteiger partial charge in [0.15, 0.2) is 0 Å². The van der Waals surface area contributed by atoms with E-state index in [9.17, 15) is 0 Å². The summed E-state index contributed by atoms with van der Waals surface area (Å²) in [6.45, 7) is 2.20. The summed E-state index contributed by atoms with van der Waals surface area (Å²) in [6.07, 6.45) is 0. The fourth-order valence-electron chi connectivity index (χ4n) is 6.47. The molecule has 0 amide bonds. The summed E-state index contributed by atoms with van der Waals surface area (Å²) in [5, 5.41) is 7.45. The molecule has 0 fully saturated rings. The highest BCUT2D eigenvalue weighted by molar-refractivity contribution is 6.21. The second kappa shape index (κ2) is 7.80. The quantitative estimate of drug-likeness (QED) is 0.207. The molecule has 0 N–H and O–H groups in total. The van der Waals surface area contributed by atoms with Crippen LogP contribution in [0.2, 0.25) is 0 Å². The van der Waals surface area contributed by atoms with Crippen molar-refractivity contribution in [2.24, 2.45) is 7.05 Å². The Bertz CT molecular complexity index is 2260. The lowest BCUT2D eigenvalue weighted by molar-refractivity contribution is -0.445. The number of para-hydroxylation sites is 3. The minimum absolute atomic E-state index is 1.19. The Morgan fingerprint density at radius 1 is 0.474 bits per heavy atom. The number of hydrogen-bond donors (Lipinski definition) is 0. The molecule has 3 heteroatoms. The van der Waals surface area contributed by atoms with Crippen molar-refractivity contribution in [2.45, 2.75) is 6.92 Å². The van der Waals surface area contributed by atoms with Crippen molar-refractivity contribution in [2.75, 3.05) is 0 Å². The van der Waals surface area contributed by atoms with E-state index in [2.05, 4.69) is 149 Å². The van der Waals surface area contributed by atoms with Crippen molar-refractivity contribution in [3.05, 3.63) is 127 Å². The van der Waals surface area contributed by atoms with Crippen LogP contribution in [0.25, 0.3) is 65.6 Å². The minimum Gasteiger partial charge on any atom is -0.276 e. The number of fused-ring (bicyclic) bond motifs is 10. The van der Waals surface area contributed by atoms with Crippen LogP contribution in [0.3, 0.4) is 0 Å². The predicted molar refractivity (Wildman–Crippen MR) is 159 cm³/mol. The normalized spacial score (nSPS) is 11.9. The fraction of sp³-hybridized carbons (Fsp3) is 0.0571. The van der Waals surface area contributed by atoms with Gasteiger partial charge in [0.1, 0.15) is 11.0 Å². The van der Waals surface area contributed by atoms with E-state index in [1.807, 2.05) is 0 Å². The average Bonchev–Trinajstić information content (AvgIpc) is 3.46. The zero-order valence-electron chi connectivity index (χ0n) is 21.4. The van der Waals surface area contributed by atoms with Crippen molar-refractivity contribution < 1.29 is 4.40 Å². The van der Waals surface area contributed by atoms with Crippen LogP contribution in [0.4, 0.5) is 0 Å². The summed E-state index contributed by atoms with van der Waals surface area (Å²) < 4.78 is 7.25. The van der Waals surface area contributed by atoms with Crippen LogP contribution < -0.4 is 4.40 Å². The fourth-order valence-corrected chi connectivity index (χ4v) is 6.47. The molecule has 0 aliphatic heterocycles. The van der Waals surface area contributed by atoms with Gasteiger partial charge < -0.3 is 0 Å². The first kappa shape index (κ1) is 21.2. The number of rotatable bonds is 1. The van der Waals surface area contributed by atoms with E-state index in [4.69, 9.17) is 0 Å². The van der Waals surface area contributed by atoms with Gasteiger partial charge in [0.05, 0.1) is 16.5 Å². The zero-order chi connectivity index (χ0) is 25.4. The van der Waals surface area contributed by atoms with E-state index in [0.29, 0.717) is 0 Å². The number of aryl methyl sites for hydroxylation is 2. The smallest absolute Gasteiger partial charge is 0.264 e. The largest absolute Gasteiger partial charge is 0.276 e. The first-order valence-corrected chi connectivity index (χ1v) is 13.1. The van der Waals surface area contributed by atoms with Gasteiger partial charge in [0.2, 0.25) is 11.0 Å². The lowest BCUT2D eigenvalue weighted by Gasteiger charge is -2.13. The Hall–Kier alpha value is -4.89. The molecule has 0 saturated carbocycles. The molecule has 0 unspecified atom stereocenters. The lowest BCUT2D eigenvalue weighted by atomic mass is 10.0. The number of aromatic nitrogens is 3. The van der Waals surface area contributed by atoms with Crippen LogP contribution in [-0.2, 0) is 7.05 Å². The molecule has 3 heterocycles. The Morgan fingerprint density at radius 2 is 0.947 bits per heavy atom. The number of hydrogen-bond acceptors (Lipinski definition) is 0. The van der Waals surface area contributed by atoms with Gasteiger partial charge in [-0.3, -0.25) is 4.68 Å². The maximum atomic E-state index is 2.49. The van der Waals surface area contributed by atoms with Crippen molar-refractivity contribution in [1.29, 1.82) is 0 Å². The number of benzene rings is 5. The highest BCUT2D eigenvalue weighted by Crippen LogP contribution is 2.37. The molecule has 3 nitrogen and oxygen atoms in total. The van der Waals surface area contributed by atoms with Gasteiger partial charge in [-0.1, -0.05) is 91.0 Å². The molecule has 0 radical (unpaired) electrons. The SMILES string of the molecule is Cc1ccccc1-n1c2c3ccccc3c3ccccc3c3ccccc3[n+]3c4ccccc4c(c23)n1C. The molecule has 38 heavy (non-hydrogen) atoms. The zero-order valence-corrected chi connectivity index (χ0v) is 21.4. The van der Waals surface area contributed by atoms with E-state index in [1.165, 1.54) is 71.2 Å². The standard InChI is InChI=1S/C35H26N3/c1-23-13-3-10-20-30(23)38-34-28-18-7-6-16-26(28)24-14-4-5-15-25(24)27-17-8-11-21-31(27)37-32-22-12-9-19-29(32)33(35(34)37)36(38)2/h3-22H,1-2H3/q+1. The van der Waals surface area contributed by atoms with E-state index >= 15 is 0 Å². The van der Waals surface area contributed by atoms with E-state index in [-0.39, 0.29) is 0 Å². The molecule has 0 atom stereocenters. The Kier molecular flexibility index (Phi) is 4.36. The Labute approximate surface area is 220 Å². The average molecular weight is 489 g/mol. The van der Waals surface area contributed by atoms with Gasteiger partial charge in [-0.25, -0.2) is 4.68 Å². The van der Waals surface area contributed by atoms with E-state index in [1.54, 1.807) is 0 Å². The third-order valence-corrected chi connectivity index (χ3v) is 8.09. The van der Waals surface area contributed by atoms with Crippen LogP contribution >= 0.6 is 0 Å². The highest BCUT2D eigenvalue weighted by atomic mass is 15.4. The third kappa shape index (κ3) is 2.71. The first-order valence-electron chi connectivity index (χ1n) is 13.1.